The van der Waals surface area contributed by atoms with Gasteiger partial charge in [0.2, 0.25) is 5.91 Å². The van der Waals surface area contributed by atoms with Crippen molar-refractivity contribution in [1.82, 2.24) is 10.3 Å². The lowest BCUT2D eigenvalue weighted by molar-refractivity contribution is -0.116. The molecule has 1 aromatic rings. The minimum absolute atomic E-state index is 0.0158. The highest BCUT2D eigenvalue weighted by atomic mass is 79.9. The standard InChI is InChI=1S/C8H12BrN3OS/c1-10-4-2-3-7(13)12-8-11-5-6(9)14-8/h5,10H,2-4H2,1H3,(H,11,12,13). The lowest BCUT2D eigenvalue weighted by Gasteiger charge is -2.00. The van der Waals surface area contributed by atoms with Gasteiger partial charge >= 0.3 is 0 Å². The summed E-state index contributed by atoms with van der Waals surface area (Å²) >= 11 is 4.69. The molecule has 1 aromatic heterocycles. The molecule has 0 saturated carbocycles. The largest absolute Gasteiger partial charge is 0.320 e. The summed E-state index contributed by atoms with van der Waals surface area (Å²) in [5, 5.41) is 6.37. The lowest BCUT2D eigenvalue weighted by Crippen LogP contribution is -2.14. The van der Waals surface area contributed by atoms with Crippen LogP contribution >= 0.6 is 27.3 Å². The molecule has 4 nitrogen and oxygen atoms in total. The van der Waals surface area contributed by atoms with Crippen LogP contribution in [-0.4, -0.2) is 24.5 Å². The van der Waals surface area contributed by atoms with Crippen molar-refractivity contribution < 1.29 is 4.79 Å². The van der Waals surface area contributed by atoms with Gasteiger partial charge in [0.1, 0.15) is 0 Å². The van der Waals surface area contributed by atoms with Gasteiger partial charge in [-0.2, -0.15) is 0 Å². The van der Waals surface area contributed by atoms with Gasteiger partial charge in [-0.1, -0.05) is 11.3 Å². The summed E-state index contributed by atoms with van der Waals surface area (Å²) in [4.78, 5) is 15.3. The number of carbonyl (C=O) groups is 1. The van der Waals surface area contributed by atoms with Crippen LogP contribution in [0.4, 0.5) is 5.13 Å². The van der Waals surface area contributed by atoms with E-state index in [2.05, 4.69) is 31.5 Å². The summed E-state index contributed by atoms with van der Waals surface area (Å²) in [5.74, 6) is 0.0158. The number of rotatable bonds is 5. The molecule has 0 radical (unpaired) electrons. The Kier molecular flexibility index (Phi) is 5.06. The molecule has 0 bridgehead atoms. The van der Waals surface area contributed by atoms with Crippen molar-refractivity contribution in [3.8, 4) is 0 Å². The smallest absolute Gasteiger partial charge is 0.226 e. The number of nitrogens with one attached hydrogen (secondary N) is 2. The number of aromatic nitrogens is 1. The Morgan fingerprint density at radius 1 is 1.71 bits per heavy atom. The maximum absolute atomic E-state index is 11.3. The molecule has 78 valence electrons. The van der Waals surface area contributed by atoms with Crippen LogP contribution in [0.15, 0.2) is 9.98 Å². The molecule has 0 aliphatic carbocycles. The monoisotopic (exact) mass is 277 g/mol. The van der Waals surface area contributed by atoms with Crippen molar-refractivity contribution >= 4 is 38.3 Å². The number of hydrogen-bond acceptors (Lipinski definition) is 4. The average Bonchev–Trinajstić information content (AvgIpc) is 2.52. The van der Waals surface area contributed by atoms with Gasteiger partial charge < -0.3 is 10.6 Å². The summed E-state index contributed by atoms with van der Waals surface area (Å²) in [6.45, 7) is 0.856. The Bertz CT molecular complexity index is 303. The third kappa shape index (κ3) is 4.17. The van der Waals surface area contributed by atoms with E-state index >= 15 is 0 Å². The third-order valence-corrected chi connectivity index (χ3v) is 2.95. The number of halogens is 1. The first kappa shape index (κ1) is 11.6. The molecule has 0 aliphatic heterocycles. The number of carbonyl (C=O) groups excluding carboxylic acids is 1. The van der Waals surface area contributed by atoms with Crippen LogP contribution in [-0.2, 0) is 4.79 Å². The fourth-order valence-corrected chi connectivity index (χ4v) is 2.04. The predicted molar refractivity (Wildman–Crippen MR) is 61.6 cm³/mol. The SMILES string of the molecule is CNCCCC(=O)Nc1ncc(Br)s1. The van der Waals surface area contributed by atoms with E-state index in [4.69, 9.17) is 0 Å². The van der Waals surface area contributed by atoms with Crippen LogP contribution < -0.4 is 10.6 Å². The highest BCUT2D eigenvalue weighted by Crippen LogP contribution is 2.23. The summed E-state index contributed by atoms with van der Waals surface area (Å²) in [6, 6.07) is 0. The highest BCUT2D eigenvalue weighted by Gasteiger charge is 2.04. The molecule has 0 aliphatic rings. The summed E-state index contributed by atoms with van der Waals surface area (Å²) < 4.78 is 0.919. The van der Waals surface area contributed by atoms with Crippen LogP contribution in [0, 0.1) is 0 Å². The van der Waals surface area contributed by atoms with Gasteiger partial charge in [0.05, 0.1) is 9.98 Å². The quantitative estimate of drug-likeness (QED) is 0.808. The topological polar surface area (TPSA) is 54.0 Å². The average molecular weight is 278 g/mol. The zero-order chi connectivity index (χ0) is 10.4. The summed E-state index contributed by atoms with van der Waals surface area (Å²) in [5.41, 5.74) is 0. The van der Waals surface area contributed by atoms with Crippen molar-refractivity contribution in [3.05, 3.63) is 9.98 Å². The molecule has 0 atom stereocenters. The second-order valence-electron chi connectivity index (χ2n) is 2.72. The van der Waals surface area contributed by atoms with Gasteiger partial charge in [-0.3, -0.25) is 4.79 Å². The Morgan fingerprint density at radius 3 is 3.07 bits per heavy atom. The van der Waals surface area contributed by atoms with Crippen molar-refractivity contribution in [2.75, 3.05) is 18.9 Å². The van der Waals surface area contributed by atoms with Crippen LogP contribution in [0.1, 0.15) is 12.8 Å². The van der Waals surface area contributed by atoms with Crippen molar-refractivity contribution in [2.24, 2.45) is 0 Å². The first-order valence-electron chi connectivity index (χ1n) is 4.28. The van der Waals surface area contributed by atoms with Gasteiger partial charge in [0, 0.05) is 6.42 Å². The zero-order valence-electron chi connectivity index (χ0n) is 7.84. The molecule has 2 N–H and O–H groups in total. The van der Waals surface area contributed by atoms with Crippen LogP contribution in [0.2, 0.25) is 0 Å². The predicted octanol–water partition coefficient (Wildman–Crippen LogP) is 1.84. The zero-order valence-corrected chi connectivity index (χ0v) is 10.2. The van der Waals surface area contributed by atoms with Crippen molar-refractivity contribution in [1.29, 1.82) is 0 Å². The van der Waals surface area contributed by atoms with Gasteiger partial charge in [0.15, 0.2) is 5.13 Å². The molecule has 14 heavy (non-hydrogen) atoms. The molecule has 1 rings (SSSR count). The van der Waals surface area contributed by atoms with Crippen molar-refractivity contribution in [3.63, 3.8) is 0 Å². The second-order valence-corrected chi connectivity index (χ2v) is 5.13. The van der Waals surface area contributed by atoms with Gasteiger partial charge in [-0.15, -0.1) is 0 Å². The van der Waals surface area contributed by atoms with E-state index in [9.17, 15) is 4.79 Å². The molecule has 0 unspecified atom stereocenters. The van der Waals surface area contributed by atoms with Gasteiger partial charge in [0.25, 0.3) is 0 Å². The maximum atomic E-state index is 11.3. The minimum atomic E-state index is 0.0158. The fourth-order valence-electron chi connectivity index (χ4n) is 0.920. The molecule has 0 aromatic carbocycles. The summed E-state index contributed by atoms with van der Waals surface area (Å²) in [7, 11) is 1.87. The van der Waals surface area contributed by atoms with E-state index in [0.717, 1.165) is 16.8 Å². The Balaban J connectivity index is 2.27. The Hall–Kier alpha value is -0.460. The third-order valence-electron chi connectivity index (χ3n) is 1.55. The first-order chi connectivity index (χ1) is 6.72. The van der Waals surface area contributed by atoms with E-state index in [1.165, 1.54) is 11.3 Å². The van der Waals surface area contributed by atoms with Crippen molar-refractivity contribution in [2.45, 2.75) is 12.8 Å². The van der Waals surface area contributed by atoms with E-state index in [1.807, 2.05) is 7.05 Å². The molecule has 1 amide bonds. The normalized spacial score (nSPS) is 10.1. The minimum Gasteiger partial charge on any atom is -0.320 e. The van der Waals surface area contributed by atoms with Crippen LogP contribution in [0.25, 0.3) is 0 Å². The summed E-state index contributed by atoms with van der Waals surface area (Å²) in [6.07, 6.45) is 3.04. The van der Waals surface area contributed by atoms with E-state index in [0.29, 0.717) is 11.6 Å². The molecule has 6 heteroatoms. The highest BCUT2D eigenvalue weighted by molar-refractivity contribution is 9.11. The fraction of sp³-hybridized carbons (Fsp3) is 0.500. The van der Waals surface area contributed by atoms with E-state index in [-0.39, 0.29) is 5.91 Å². The van der Waals surface area contributed by atoms with Crippen LogP contribution in [0.3, 0.4) is 0 Å². The number of hydrogen-bond donors (Lipinski definition) is 2. The van der Waals surface area contributed by atoms with E-state index < -0.39 is 0 Å². The first-order valence-corrected chi connectivity index (χ1v) is 5.89. The van der Waals surface area contributed by atoms with Crippen LogP contribution in [0.5, 0.6) is 0 Å². The number of thiazole rings is 1. The van der Waals surface area contributed by atoms with Gasteiger partial charge in [-0.25, -0.2) is 4.98 Å². The molecular weight excluding hydrogens is 266 g/mol. The molecule has 0 fully saturated rings. The molecule has 0 spiro atoms. The lowest BCUT2D eigenvalue weighted by atomic mass is 10.3. The number of anilines is 1. The number of nitrogens with zero attached hydrogens (tertiary/aromatic N) is 1. The van der Waals surface area contributed by atoms with Gasteiger partial charge in [-0.05, 0) is 35.9 Å². The maximum Gasteiger partial charge on any atom is 0.226 e. The second kappa shape index (κ2) is 6.10. The van der Waals surface area contributed by atoms with E-state index in [1.54, 1.807) is 6.20 Å². The molecule has 0 saturated heterocycles. The Labute approximate surface area is 95.2 Å². The molecular formula is C8H12BrN3OS. The molecule has 1 heterocycles. The Morgan fingerprint density at radius 2 is 2.50 bits per heavy atom. The number of amides is 1.